The van der Waals surface area contributed by atoms with Crippen molar-refractivity contribution in [3.05, 3.63) is 35.4 Å². The van der Waals surface area contributed by atoms with Crippen molar-refractivity contribution in [2.75, 3.05) is 6.54 Å². The summed E-state index contributed by atoms with van der Waals surface area (Å²) < 4.78 is 0. The summed E-state index contributed by atoms with van der Waals surface area (Å²) in [7, 11) is 0. The number of hydrogen-bond donors (Lipinski definition) is 1. The lowest BCUT2D eigenvalue weighted by Crippen LogP contribution is -2.17. The Morgan fingerprint density at radius 1 is 1.00 bits per heavy atom. The van der Waals surface area contributed by atoms with Crippen LogP contribution in [0.2, 0.25) is 0 Å². The Kier molecular flexibility index (Phi) is 6.29. The van der Waals surface area contributed by atoms with Crippen molar-refractivity contribution < 1.29 is 0 Å². The van der Waals surface area contributed by atoms with Crippen molar-refractivity contribution in [2.45, 2.75) is 83.6 Å². The van der Waals surface area contributed by atoms with Gasteiger partial charge in [0.05, 0.1) is 0 Å². The van der Waals surface area contributed by atoms with Crippen LogP contribution in [0.5, 0.6) is 0 Å². The van der Waals surface area contributed by atoms with E-state index in [9.17, 15) is 0 Å². The summed E-state index contributed by atoms with van der Waals surface area (Å²) in [6, 6.07) is 10.2. The highest BCUT2D eigenvalue weighted by Crippen LogP contribution is 2.26. The van der Waals surface area contributed by atoms with Crippen LogP contribution in [0.25, 0.3) is 0 Å². The minimum Gasteiger partial charge on any atom is -0.314 e. The molecule has 0 atom stereocenters. The molecule has 0 heterocycles. The second-order valence-corrected chi connectivity index (χ2v) is 7.33. The minimum atomic E-state index is 0.313. The van der Waals surface area contributed by atoms with Crippen molar-refractivity contribution in [1.82, 2.24) is 5.32 Å². The summed E-state index contributed by atoms with van der Waals surface area (Å²) in [5, 5.41) is 3.59. The van der Waals surface area contributed by atoms with Crippen LogP contribution >= 0.6 is 0 Å². The third-order valence-corrected chi connectivity index (χ3v) is 5.02. The molecular weight excluding hydrogens is 254 g/mol. The molecule has 1 aromatic carbocycles. The molecular formula is C20H33N. The topological polar surface area (TPSA) is 12.0 Å². The fourth-order valence-electron chi connectivity index (χ4n) is 2.73. The zero-order valence-electron chi connectivity index (χ0n) is 14.3. The molecule has 1 aliphatic carbocycles. The molecule has 118 valence electrons. The fourth-order valence-corrected chi connectivity index (χ4v) is 2.73. The Morgan fingerprint density at radius 2 is 1.67 bits per heavy atom. The van der Waals surface area contributed by atoms with Gasteiger partial charge in [0.2, 0.25) is 0 Å². The third kappa shape index (κ3) is 5.82. The summed E-state index contributed by atoms with van der Waals surface area (Å²) in [6.07, 6.45) is 10.7. The van der Waals surface area contributed by atoms with Crippen LogP contribution in [-0.4, -0.2) is 12.6 Å². The molecule has 1 saturated carbocycles. The second-order valence-electron chi connectivity index (χ2n) is 7.33. The molecule has 1 fully saturated rings. The van der Waals surface area contributed by atoms with Gasteiger partial charge in [-0.25, -0.2) is 0 Å². The van der Waals surface area contributed by atoms with Crippen LogP contribution in [0.3, 0.4) is 0 Å². The molecule has 0 amide bonds. The second kappa shape index (κ2) is 7.98. The van der Waals surface area contributed by atoms with E-state index < -0.39 is 0 Å². The fraction of sp³-hybridized carbons (Fsp3) is 0.700. The SMILES string of the molecule is CCC(C)(C)c1ccc(CCCCCCNC2CC2)cc1. The van der Waals surface area contributed by atoms with Gasteiger partial charge in [0, 0.05) is 6.04 Å². The van der Waals surface area contributed by atoms with E-state index in [1.807, 2.05) is 0 Å². The van der Waals surface area contributed by atoms with Crippen molar-refractivity contribution in [1.29, 1.82) is 0 Å². The number of nitrogens with one attached hydrogen (secondary N) is 1. The van der Waals surface area contributed by atoms with Crippen molar-refractivity contribution >= 4 is 0 Å². The third-order valence-electron chi connectivity index (χ3n) is 5.02. The van der Waals surface area contributed by atoms with Gasteiger partial charge in [0.1, 0.15) is 0 Å². The van der Waals surface area contributed by atoms with Crippen molar-refractivity contribution in [3.8, 4) is 0 Å². The van der Waals surface area contributed by atoms with Crippen LogP contribution in [-0.2, 0) is 11.8 Å². The molecule has 0 saturated heterocycles. The van der Waals surface area contributed by atoms with Gasteiger partial charge >= 0.3 is 0 Å². The number of unbranched alkanes of at least 4 members (excludes halogenated alkanes) is 3. The summed E-state index contributed by atoms with van der Waals surface area (Å²) in [6.45, 7) is 8.16. The summed E-state index contributed by atoms with van der Waals surface area (Å²) in [5.74, 6) is 0. The monoisotopic (exact) mass is 287 g/mol. The Bertz CT molecular complexity index is 400. The van der Waals surface area contributed by atoms with E-state index in [0.29, 0.717) is 5.41 Å². The largest absolute Gasteiger partial charge is 0.314 e. The van der Waals surface area contributed by atoms with E-state index in [-0.39, 0.29) is 0 Å². The maximum Gasteiger partial charge on any atom is 0.00682 e. The van der Waals surface area contributed by atoms with Gasteiger partial charge in [-0.3, -0.25) is 0 Å². The maximum atomic E-state index is 3.59. The Morgan fingerprint density at radius 3 is 2.29 bits per heavy atom. The molecule has 1 nitrogen and oxygen atoms in total. The van der Waals surface area contributed by atoms with E-state index in [1.54, 1.807) is 0 Å². The lowest BCUT2D eigenvalue weighted by Gasteiger charge is -2.23. The van der Waals surface area contributed by atoms with Gasteiger partial charge in [0.15, 0.2) is 0 Å². The summed E-state index contributed by atoms with van der Waals surface area (Å²) in [5.41, 5.74) is 3.29. The first-order valence-electron chi connectivity index (χ1n) is 8.94. The first-order valence-corrected chi connectivity index (χ1v) is 8.94. The van der Waals surface area contributed by atoms with Crippen LogP contribution in [0.4, 0.5) is 0 Å². The lowest BCUT2D eigenvalue weighted by atomic mass is 9.82. The standard InChI is InChI=1S/C20H33N/c1-4-20(2,3)18-12-10-17(11-13-18)9-7-5-6-8-16-21-19-14-15-19/h10-13,19,21H,4-9,14-16H2,1-3H3. The smallest absolute Gasteiger partial charge is 0.00682 e. The highest BCUT2D eigenvalue weighted by Gasteiger charge is 2.19. The molecule has 0 radical (unpaired) electrons. The van der Waals surface area contributed by atoms with Crippen LogP contribution in [0.1, 0.15) is 76.8 Å². The molecule has 1 heteroatoms. The predicted octanol–water partition coefficient (Wildman–Crippen LogP) is 5.23. The molecule has 0 aliphatic heterocycles. The average Bonchev–Trinajstić information content (AvgIpc) is 3.31. The molecule has 1 aromatic rings. The summed E-state index contributed by atoms with van der Waals surface area (Å²) in [4.78, 5) is 0. The zero-order chi connectivity index (χ0) is 15.1. The average molecular weight is 287 g/mol. The van der Waals surface area contributed by atoms with Crippen LogP contribution in [0.15, 0.2) is 24.3 Å². The van der Waals surface area contributed by atoms with Gasteiger partial charge in [-0.15, -0.1) is 0 Å². The molecule has 0 spiro atoms. The van der Waals surface area contributed by atoms with E-state index in [0.717, 1.165) is 6.04 Å². The quantitative estimate of drug-likeness (QED) is 0.581. The zero-order valence-corrected chi connectivity index (χ0v) is 14.3. The van der Waals surface area contributed by atoms with Gasteiger partial charge in [-0.05, 0) is 61.6 Å². The van der Waals surface area contributed by atoms with Crippen LogP contribution in [0, 0.1) is 0 Å². The number of hydrogen-bond acceptors (Lipinski definition) is 1. The molecule has 0 unspecified atom stereocenters. The molecule has 1 N–H and O–H groups in total. The molecule has 0 bridgehead atoms. The Labute approximate surface area is 131 Å². The number of rotatable bonds is 10. The van der Waals surface area contributed by atoms with Gasteiger partial charge in [-0.1, -0.05) is 57.9 Å². The van der Waals surface area contributed by atoms with E-state index in [2.05, 4.69) is 50.4 Å². The molecule has 1 aliphatic rings. The van der Waals surface area contributed by atoms with E-state index in [1.165, 1.54) is 69.0 Å². The minimum absolute atomic E-state index is 0.313. The first kappa shape index (κ1) is 16.5. The van der Waals surface area contributed by atoms with Crippen molar-refractivity contribution in [3.63, 3.8) is 0 Å². The number of aryl methyl sites for hydroxylation is 1. The lowest BCUT2D eigenvalue weighted by molar-refractivity contribution is 0.506. The number of benzene rings is 1. The van der Waals surface area contributed by atoms with Gasteiger partial charge < -0.3 is 5.32 Å². The predicted molar refractivity (Wildman–Crippen MR) is 93.0 cm³/mol. The van der Waals surface area contributed by atoms with Gasteiger partial charge in [0.25, 0.3) is 0 Å². The normalized spacial score (nSPS) is 15.4. The molecule has 2 rings (SSSR count). The first-order chi connectivity index (χ1) is 10.1. The maximum absolute atomic E-state index is 3.59. The van der Waals surface area contributed by atoms with E-state index >= 15 is 0 Å². The molecule has 0 aromatic heterocycles. The Hall–Kier alpha value is -0.820. The van der Waals surface area contributed by atoms with E-state index in [4.69, 9.17) is 0 Å². The van der Waals surface area contributed by atoms with Crippen molar-refractivity contribution in [2.24, 2.45) is 0 Å². The summed E-state index contributed by atoms with van der Waals surface area (Å²) >= 11 is 0. The van der Waals surface area contributed by atoms with Gasteiger partial charge in [-0.2, -0.15) is 0 Å². The molecule has 21 heavy (non-hydrogen) atoms. The highest BCUT2D eigenvalue weighted by molar-refractivity contribution is 5.28. The highest BCUT2D eigenvalue weighted by atomic mass is 14.9. The Balaban J connectivity index is 1.59. The van der Waals surface area contributed by atoms with Crippen LogP contribution < -0.4 is 5.32 Å².